The number of benzene rings is 2. The number of carbonyl (C=O) groups is 2. The Morgan fingerprint density at radius 2 is 1.33 bits per heavy atom. The topological polar surface area (TPSA) is 121 Å². The standard InChI is InChI=1S/C34H37F2N7O3/c1-41-14-2-3-28(41)30-37-18-26(39-30)23-8-4-21(5-9-23)22-6-10-24(11-7-22)27-19-38-31(40-27)29-17-25(44)20-43(29)33(46)32(45)42-15-12-34(35,36)13-16-42/h4-11,18-19,25,28-29,44H,2-3,12-17,20H2,1H3,(H,37,39)(H,38,40)/t25?,28?,29-/m0/s1. The van der Waals surface area contributed by atoms with Crippen molar-refractivity contribution in [2.24, 2.45) is 0 Å². The number of aliphatic hydroxyl groups excluding tert-OH is 1. The summed E-state index contributed by atoms with van der Waals surface area (Å²) in [6.07, 6.45) is 4.35. The molecule has 0 saturated carbocycles. The SMILES string of the molecule is CN1CCCC1c1ncc(-c2ccc(-c3ccc(-c4cnc([C@@H]5CC(O)CN5C(=O)C(=O)N5CCC(F)(F)CC5)[nH]4)cc3)cc2)[nH]1. The third-order valence-corrected chi connectivity index (χ3v) is 9.57. The van der Waals surface area contributed by atoms with Crippen molar-refractivity contribution < 1.29 is 23.5 Å². The number of nitrogens with one attached hydrogen (secondary N) is 2. The van der Waals surface area contributed by atoms with Gasteiger partial charge in [0.15, 0.2) is 0 Å². The van der Waals surface area contributed by atoms with Gasteiger partial charge in [0.05, 0.1) is 42.0 Å². The molecule has 2 amide bonds. The largest absolute Gasteiger partial charge is 0.391 e. The molecular formula is C34H37F2N7O3. The highest BCUT2D eigenvalue weighted by Crippen LogP contribution is 2.34. The fourth-order valence-electron chi connectivity index (χ4n) is 6.84. The summed E-state index contributed by atoms with van der Waals surface area (Å²) in [6, 6.07) is 16.1. The molecule has 12 heteroatoms. The molecule has 0 spiro atoms. The van der Waals surface area contributed by atoms with Crippen LogP contribution < -0.4 is 0 Å². The van der Waals surface area contributed by atoms with Gasteiger partial charge in [-0.3, -0.25) is 14.5 Å². The summed E-state index contributed by atoms with van der Waals surface area (Å²) in [6.45, 7) is 0.721. The number of piperidine rings is 1. The van der Waals surface area contributed by atoms with Crippen LogP contribution in [0.15, 0.2) is 60.9 Å². The number of aromatic amines is 2. The van der Waals surface area contributed by atoms with Crippen molar-refractivity contribution >= 4 is 11.8 Å². The van der Waals surface area contributed by atoms with E-state index in [9.17, 15) is 23.5 Å². The van der Waals surface area contributed by atoms with Crippen molar-refractivity contribution in [3.63, 3.8) is 0 Å². The van der Waals surface area contributed by atoms with Gasteiger partial charge in [-0.25, -0.2) is 18.7 Å². The molecule has 4 aromatic rings. The number of alkyl halides is 2. The van der Waals surface area contributed by atoms with Crippen LogP contribution in [0, 0.1) is 0 Å². The number of halogens is 2. The minimum absolute atomic E-state index is 0.0256. The maximum atomic E-state index is 13.6. The quantitative estimate of drug-likeness (QED) is 0.273. The molecule has 3 aliphatic heterocycles. The predicted molar refractivity (Wildman–Crippen MR) is 167 cm³/mol. The Balaban J connectivity index is 1.02. The normalized spacial score (nSPS) is 23.3. The van der Waals surface area contributed by atoms with Crippen LogP contribution in [0.3, 0.4) is 0 Å². The van der Waals surface area contributed by atoms with Gasteiger partial charge in [0.25, 0.3) is 5.92 Å². The first-order valence-electron chi connectivity index (χ1n) is 15.8. The Morgan fingerprint density at radius 3 is 1.85 bits per heavy atom. The Bertz CT molecular complexity index is 1710. The van der Waals surface area contributed by atoms with Crippen molar-refractivity contribution in [1.82, 2.24) is 34.6 Å². The molecule has 2 unspecified atom stereocenters. The average Bonchev–Trinajstić information content (AvgIpc) is 3.88. The van der Waals surface area contributed by atoms with Gasteiger partial charge < -0.3 is 24.9 Å². The number of hydrogen-bond acceptors (Lipinski definition) is 6. The van der Waals surface area contributed by atoms with E-state index < -0.39 is 42.7 Å². The number of aliphatic hydroxyl groups is 1. The Hall–Kier alpha value is -4.42. The lowest BCUT2D eigenvalue weighted by Gasteiger charge is -2.33. The molecule has 3 aliphatic rings. The third-order valence-electron chi connectivity index (χ3n) is 9.57. The van der Waals surface area contributed by atoms with Gasteiger partial charge in [-0.1, -0.05) is 48.5 Å². The van der Waals surface area contributed by atoms with Crippen molar-refractivity contribution in [3.05, 3.63) is 72.6 Å². The zero-order valence-corrected chi connectivity index (χ0v) is 25.6. The molecular weight excluding hydrogens is 592 g/mol. The molecule has 7 rings (SSSR count). The number of likely N-dealkylation sites (tertiary alicyclic amines) is 3. The summed E-state index contributed by atoms with van der Waals surface area (Å²) < 4.78 is 27.1. The molecule has 10 nitrogen and oxygen atoms in total. The van der Waals surface area contributed by atoms with Gasteiger partial charge in [0.2, 0.25) is 0 Å². The van der Waals surface area contributed by atoms with E-state index in [1.807, 2.05) is 30.5 Å². The summed E-state index contributed by atoms with van der Waals surface area (Å²) in [5, 5.41) is 10.4. The summed E-state index contributed by atoms with van der Waals surface area (Å²) in [4.78, 5) is 46.7. The fourth-order valence-corrected chi connectivity index (χ4v) is 6.84. The van der Waals surface area contributed by atoms with Crippen molar-refractivity contribution in [2.45, 2.75) is 56.2 Å². The number of hydrogen-bond donors (Lipinski definition) is 3. The van der Waals surface area contributed by atoms with E-state index in [1.165, 1.54) is 16.2 Å². The maximum Gasteiger partial charge on any atom is 0.312 e. The van der Waals surface area contributed by atoms with E-state index in [0.717, 1.165) is 52.4 Å². The molecule has 0 radical (unpaired) electrons. The highest BCUT2D eigenvalue weighted by Gasteiger charge is 2.43. The van der Waals surface area contributed by atoms with Gasteiger partial charge in [-0.2, -0.15) is 0 Å². The second kappa shape index (κ2) is 12.1. The average molecular weight is 630 g/mol. The summed E-state index contributed by atoms with van der Waals surface area (Å²) in [5.41, 5.74) is 5.84. The summed E-state index contributed by atoms with van der Waals surface area (Å²) in [7, 11) is 2.14. The van der Waals surface area contributed by atoms with E-state index in [-0.39, 0.29) is 26.1 Å². The van der Waals surface area contributed by atoms with Gasteiger partial charge in [0, 0.05) is 38.9 Å². The lowest BCUT2D eigenvalue weighted by atomic mass is 10.0. The molecule has 3 atom stereocenters. The number of nitrogens with zero attached hydrogens (tertiary/aromatic N) is 5. The fraction of sp³-hybridized carbons (Fsp3) is 0.412. The Morgan fingerprint density at radius 1 is 0.804 bits per heavy atom. The highest BCUT2D eigenvalue weighted by atomic mass is 19.3. The van der Waals surface area contributed by atoms with E-state index in [0.29, 0.717) is 11.9 Å². The zero-order valence-electron chi connectivity index (χ0n) is 25.6. The zero-order chi connectivity index (χ0) is 32.0. The second-order valence-corrected chi connectivity index (χ2v) is 12.7. The smallest absolute Gasteiger partial charge is 0.312 e. The Kier molecular flexibility index (Phi) is 7.93. The van der Waals surface area contributed by atoms with Crippen LogP contribution in [0.4, 0.5) is 8.78 Å². The van der Waals surface area contributed by atoms with E-state index in [1.54, 1.807) is 6.20 Å². The third kappa shape index (κ3) is 5.94. The Labute approximate surface area is 265 Å². The molecule has 2 aromatic carbocycles. The number of H-pyrrole nitrogens is 2. The highest BCUT2D eigenvalue weighted by molar-refractivity contribution is 6.35. The van der Waals surface area contributed by atoms with Gasteiger partial charge in [0.1, 0.15) is 11.6 Å². The van der Waals surface area contributed by atoms with Gasteiger partial charge in [-0.15, -0.1) is 0 Å². The maximum absolute atomic E-state index is 13.6. The number of amides is 2. The number of aromatic nitrogens is 4. The van der Waals surface area contributed by atoms with Crippen LogP contribution in [-0.4, -0.2) is 96.8 Å². The van der Waals surface area contributed by atoms with Crippen LogP contribution in [0.5, 0.6) is 0 Å². The number of carbonyl (C=O) groups excluding carboxylic acids is 2. The molecule has 3 saturated heterocycles. The number of β-amino-alcohol motifs (C(OH)–C–C–N with tert-alkyl or cyclic N) is 1. The van der Waals surface area contributed by atoms with Crippen LogP contribution in [0.2, 0.25) is 0 Å². The van der Waals surface area contributed by atoms with Crippen LogP contribution in [0.1, 0.15) is 55.8 Å². The lowest BCUT2D eigenvalue weighted by molar-refractivity contribution is -0.156. The van der Waals surface area contributed by atoms with Crippen molar-refractivity contribution in [3.8, 4) is 33.6 Å². The van der Waals surface area contributed by atoms with E-state index in [4.69, 9.17) is 0 Å². The summed E-state index contributed by atoms with van der Waals surface area (Å²) >= 11 is 0. The van der Waals surface area contributed by atoms with E-state index in [2.05, 4.69) is 56.1 Å². The summed E-state index contributed by atoms with van der Waals surface area (Å²) in [5.74, 6) is -2.98. The molecule has 2 aromatic heterocycles. The molecule has 240 valence electrons. The van der Waals surface area contributed by atoms with Crippen molar-refractivity contribution in [2.75, 3.05) is 33.2 Å². The first-order valence-corrected chi connectivity index (χ1v) is 15.8. The van der Waals surface area contributed by atoms with Crippen LogP contribution in [-0.2, 0) is 9.59 Å². The predicted octanol–water partition coefficient (Wildman–Crippen LogP) is 4.79. The monoisotopic (exact) mass is 629 g/mol. The van der Waals surface area contributed by atoms with Crippen molar-refractivity contribution in [1.29, 1.82) is 0 Å². The molecule has 3 fully saturated rings. The lowest BCUT2D eigenvalue weighted by Crippen LogP contribution is -2.50. The minimum atomic E-state index is -2.82. The number of rotatable bonds is 5. The van der Waals surface area contributed by atoms with Gasteiger partial charge >= 0.3 is 11.8 Å². The number of imidazole rings is 2. The molecule has 0 bridgehead atoms. The van der Waals surface area contributed by atoms with Crippen LogP contribution >= 0.6 is 0 Å². The first kappa shape index (κ1) is 30.2. The molecule has 46 heavy (non-hydrogen) atoms. The molecule has 5 heterocycles. The van der Waals surface area contributed by atoms with Crippen LogP contribution in [0.25, 0.3) is 33.6 Å². The minimum Gasteiger partial charge on any atom is -0.391 e. The van der Waals surface area contributed by atoms with E-state index >= 15 is 0 Å². The first-order chi connectivity index (χ1) is 22.1. The molecule has 3 N–H and O–H groups in total. The molecule has 0 aliphatic carbocycles. The van der Waals surface area contributed by atoms with Gasteiger partial charge in [-0.05, 0) is 48.7 Å². The second-order valence-electron chi connectivity index (χ2n) is 12.7.